The lowest BCUT2D eigenvalue weighted by Gasteiger charge is -2.28. The zero-order valence-corrected chi connectivity index (χ0v) is 18.9. The van der Waals surface area contributed by atoms with E-state index in [0.717, 1.165) is 36.9 Å². The summed E-state index contributed by atoms with van der Waals surface area (Å²) in [6.07, 6.45) is 7.70. The Labute approximate surface area is 190 Å². The quantitative estimate of drug-likeness (QED) is 0.603. The molecule has 33 heavy (non-hydrogen) atoms. The molecule has 10 nitrogen and oxygen atoms in total. The first-order chi connectivity index (χ1) is 15.8. The molecule has 1 N–H and O–H groups in total. The number of hydrazine groups is 1. The van der Waals surface area contributed by atoms with E-state index < -0.39 is 21.6 Å². The first kappa shape index (κ1) is 21.7. The molecule has 0 radical (unpaired) electrons. The van der Waals surface area contributed by atoms with E-state index in [9.17, 15) is 17.6 Å². The van der Waals surface area contributed by atoms with E-state index >= 15 is 0 Å². The number of nitrogens with zero attached hydrogens (tertiary/aromatic N) is 6. The number of rotatable bonds is 3. The molecule has 1 saturated heterocycles. The summed E-state index contributed by atoms with van der Waals surface area (Å²) in [5, 5.41) is 5.79. The van der Waals surface area contributed by atoms with E-state index in [0.29, 0.717) is 24.4 Å². The highest BCUT2D eigenvalue weighted by atomic mass is 32.2. The number of nitrogens with one attached hydrogen (secondary N) is 1. The summed E-state index contributed by atoms with van der Waals surface area (Å²) in [7, 11) is -3.24. The maximum atomic E-state index is 14.2. The molecule has 2 bridgehead atoms. The molecule has 3 aromatic heterocycles. The highest BCUT2D eigenvalue weighted by molar-refractivity contribution is 7.90. The van der Waals surface area contributed by atoms with Crippen molar-refractivity contribution in [2.75, 3.05) is 36.5 Å². The molecule has 174 valence electrons. The van der Waals surface area contributed by atoms with Crippen molar-refractivity contribution < 1.29 is 17.6 Å². The number of anilines is 1. The predicted molar refractivity (Wildman–Crippen MR) is 119 cm³/mol. The molecule has 12 heteroatoms. The Hall–Kier alpha value is -3.12. The van der Waals surface area contributed by atoms with Crippen molar-refractivity contribution >= 4 is 27.2 Å². The SMILES string of the molecule is CS(=O)(=O)CCN1CCc2ncc(F)cc2C2CCCN2c2ccn3ncc(c3n2)C(=O)N1. The topological polar surface area (TPSA) is 113 Å². The number of aromatic nitrogens is 4. The second-order valence-corrected chi connectivity index (χ2v) is 10.7. The Balaban J connectivity index is 1.61. The second-order valence-electron chi connectivity index (χ2n) is 8.46. The fourth-order valence-electron chi connectivity index (χ4n) is 4.47. The first-order valence-electron chi connectivity index (χ1n) is 10.8. The Bertz CT molecular complexity index is 1330. The molecular weight excluding hydrogens is 449 g/mol. The van der Waals surface area contributed by atoms with Crippen LogP contribution in [0.3, 0.4) is 0 Å². The maximum Gasteiger partial charge on any atom is 0.271 e. The molecule has 0 saturated carbocycles. The van der Waals surface area contributed by atoms with Gasteiger partial charge in [-0.25, -0.2) is 27.3 Å². The van der Waals surface area contributed by atoms with E-state index in [1.54, 1.807) is 11.2 Å². The van der Waals surface area contributed by atoms with E-state index in [4.69, 9.17) is 4.98 Å². The van der Waals surface area contributed by atoms with Gasteiger partial charge in [0.05, 0.1) is 24.2 Å². The van der Waals surface area contributed by atoms with Gasteiger partial charge in [0.2, 0.25) is 0 Å². The Kier molecular flexibility index (Phi) is 5.49. The Morgan fingerprint density at radius 1 is 1.27 bits per heavy atom. The van der Waals surface area contributed by atoms with Gasteiger partial charge in [0.25, 0.3) is 5.91 Å². The maximum absolute atomic E-state index is 14.2. The number of pyridine rings is 1. The number of amides is 1. The van der Waals surface area contributed by atoms with Crippen LogP contribution in [0.4, 0.5) is 10.2 Å². The average Bonchev–Trinajstić information content (AvgIpc) is 3.41. The van der Waals surface area contributed by atoms with Crippen LogP contribution in [-0.4, -0.2) is 70.6 Å². The highest BCUT2D eigenvalue weighted by Crippen LogP contribution is 2.37. The zero-order chi connectivity index (χ0) is 23.2. The molecule has 0 aromatic carbocycles. The smallest absolute Gasteiger partial charge is 0.271 e. The number of hydrogen-bond donors (Lipinski definition) is 1. The van der Waals surface area contributed by atoms with Gasteiger partial charge in [-0.15, -0.1) is 0 Å². The van der Waals surface area contributed by atoms with Crippen LogP contribution in [0, 0.1) is 5.82 Å². The van der Waals surface area contributed by atoms with E-state index in [-0.39, 0.29) is 23.9 Å². The van der Waals surface area contributed by atoms with Crippen molar-refractivity contribution in [1.29, 1.82) is 0 Å². The van der Waals surface area contributed by atoms with Gasteiger partial charge in [0.1, 0.15) is 27.0 Å². The minimum absolute atomic E-state index is 0.0987. The van der Waals surface area contributed by atoms with Crippen molar-refractivity contribution in [3.8, 4) is 0 Å². The van der Waals surface area contributed by atoms with Crippen LogP contribution in [-0.2, 0) is 16.3 Å². The van der Waals surface area contributed by atoms with Crippen LogP contribution in [0.5, 0.6) is 0 Å². The third-order valence-electron chi connectivity index (χ3n) is 6.09. The minimum Gasteiger partial charge on any atom is -0.349 e. The first-order valence-corrected chi connectivity index (χ1v) is 12.8. The van der Waals surface area contributed by atoms with Crippen LogP contribution in [0.25, 0.3) is 5.65 Å². The summed E-state index contributed by atoms with van der Waals surface area (Å²) >= 11 is 0. The monoisotopic (exact) mass is 473 g/mol. The molecule has 1 amide bonds. The van der Waals surface area contributed by atoms with Crippen LogP contribution in [0.15, 0.2) is 30.7 Å². The van der Waals surface area contributed by atoms with E-state index in [1.807, 2.05) is 6.07 Å². The van der Waals surface area contributed by atoms with Crippen LogP contribution < -0.4 is 10.3 Å². The summed E-state index contributed by atoms with van der Waals surface area (Å²) in [5.41, 5.74) is 4.99. The van der Waals surface area contributed by atoms with Gasteiger partial charge in [-0.05, 0) is 30.5 Å². The highest BCUT2D eigenvalue weighted by Gasteiger charge is 2.31. The van der Waals surface area contributed by atoms with Gasteiger partial charge < -0.3 is 4.90 Å². The molecular formula is C21H24FN7O3S. The number of hydrogen-bond acceptors (Lipinski definition) is 8. The van der Waals surface area contributed by atoms with Crippen molar-refractivity contribution in [3.05, 3.63) is 53.4 Å². The summed E-state index contributed by atoms with van der Waals surface area (Å²) in [6.45, 7) is 1.17. The second kappa shape index (κ2) is 8.34. The summed E-state index contributed by atoms with van der Waals surface area (Å²) in [4.78, 5) is 24.3. The molecule has 0 spiro atoms. The van der Waals surface area contributed by atoms with Crippen LogP contribution >= 0.6 is 0 Å². The molecule has 1 fully saturated rings. The van der Waals surface area contributed by atoms with Gasteiger partial charge in [-0.2, -0.15) is 5.10 Å². The van der Waals surface area contributed by atoms with E-state index in [1.165, 1.54) is 23.0 Å². The fourth-order valence-corrected chi connectivity index (χ4v) is 5.02. The summed E-state index contributed by atoms with van der Waals surface area (Å²) in [5.74, 6) is -0.269. The van der Waals surface area contributed by atoms with Crippen LogP contribution in [0.1, 0.15) is 40.5 Å². The number of carbonyl (C=O) groups is 1. The number of halogens is 1. The van der Waals surface area contributed by atoms with Gasteiger partial charge in [0.15, 0.2) is 5.65 Å². The third-order valence-corrected chi connectivity index (χ3v) is 7.01. The van der Waals surface area contributed by atoms with E-state index in [2.05, 4.69) is 20.4 Å². The zero-order valence-electron chi connectivity index (χ0n) is 18.1. The average molecular weight is 474 g/mol. The molecule has 5 rings (SSSR count). The molecule has 0 aliphatic carbocycles. The minimum atomic E-state index is -3.24. The van der Waals surface area contributed by atoms with Gasteiger partial charge in [-0.3, -0.25) is 15.2 Å². The fraction of sp³-hybridized carbons (Fsp3) is 0.429. The molecule has 1 unspecified atom stereocenters. The largest absolute Gasteiger partial charge is 0.349 e. The van der Waals surface area contributed by atoms with Gasteiger partial charge in [0, 0.05) is 44.2 Å². The predicted octanol–water partition coefficient (Wildman–Crippen LogP) is 1.15. The molecule has 2 aliphatic heterocycles. The Morgan fingerprint density at radius 3 is 2.94 bits per heavy atom. The lowest BCUT2D eigenvalue weighted by atomic mass is 10.0. The van der Waals surface area contributed by atoms with Crippen molar-refractivity contribution in [3.63, 3.8) is 0 Å². The lowest BCUT2D eigenvalue weighted by molar-refractivity contribution is 0.0800. The number of fused-ring (bicyclic) bond motifs is 5. The number of carbonyl (C=O) groups excluding carboxylic acids is 1. The third kappa shape index (κ3) is 4.40. The van der Waals surface area contributed by atoms with Crippen molar-refractivity contribution in [1.82, 2.24) is 30.0 Å². The van der Waals surface area contributed by atoms with Gasteiger partial charge in [-0.1, -0.05) is 0 Å². The lowest BCUT2D eigenvalue weighted by Crippen LogP contribution is -2.45. The van der Waals surface area contributed by atoms with Crippen molar-refractivity contribution in [2.45, 2.75) is 25.3 Å². The summed E-state index contributed by atoms with van der Waals surface area (Å²) < 4.78 is 39.3. The van der Waals surface area contributed by atoms with Crippen molar-refractivity contribution in [2.24, 2.45) is 0 Å². The normalized spacial score (nSPS) is 19.5. The molecule has 5 heterocycles. The molecule has 2 aliphatic rings. The van der Waals surface area contributed by atoms with Gasteiger partial charge >= 0.3 is 0 Å². The number of sulfone groups is 1. The summed E-state index contributed by atoms with van der Waals surface area (Å²) in [6, 6.07) is 3.26. The molecule has 1 atom stereocenters. The standard InChI is InChI=1S/C21H24FN7O3S/c1-33(31,32)10-9-27-7-4-17-15(11-14(22)12-23-17)18-3-2-6-28(18)19-5-8-29-20(25-19)16(13-24-29)21(30)26-27/h5,8,11-13,18H,2-4,6-7,9-10H2,1H3,(H,26,30). The Morgan fingerprint density at radius 2 is 2.12 bits per heavy atom. The van der Waals surface area contributed by atoms with Crippen LogP contribution in [0.2, 0.25) is 0 Å². The molecule has 3 aromatic rings.